The Bertz CT molecular complexity index is 296. The van der Waals surface area contributed by atoms with Gasteiger partial charge in [0.15, 0.2) is 0 Å². The van der Waals surface area contributed by atoms with Crippen molar-refractivity contribution in [2.24, 2.45) is 0 Å². The van der Waals surface area contributed by atoms with Gasteiger partial charge in [0.1, 0.15) is 17.5 Å². The Hall–Kier alpha value is -0.970. The Kier molecular flexibility index (Phi) is 4.68. The van der Waals surface area contributed by atoms with Crippen molar-refractivity contribution in [2.75, 3.05) is 23.1 Å². The van der Waals surface area contributed by atoms with Gasteiger partial charge in [-0.25, -0.2) is 9.97 Å². The first-order valence-corrected chi connectivity index (χ1v) is 6.38. The number of aryl methyl sites for hydroxylation is 1. The van der Waals surface area contributed by atoms with Gasteiger partial charge < -0.3 is 11.1 Å². The lowest BCUT2D eigenvalue weighted by Gasteiger charge is -2.14. The van der Waals surface area contributed by atoms with Gasteiger partial charge in [0.05, 0.1) is 0 Å². The van der Waals surface area contributed by atoms with Crippen molar-refractivity contribution >= 4 is 23.4 Å². The number of nitrogens with two attached hydrogens (primary N) is 1. The highest BCUT2D eigenvalue weighted by Gasteiger charge is 2.04. The summed E-state index contributed by atoms with van der Waals surface area (Å²) < 4.78 is 0. The van der Waals surface area contributed by atoms with E-state index in [1.54, 1.807) is 6.07 Å². The van der Waals surface area contributed by atoms with Crippen LogP contribution in [-0.2, 0) is 0 Å². The Balaban J connectivity index is 2.56. The fraction of sp³-hybridized carbons (Fsp3) is 0.600. The van der Waals surface area contributed by atoms with E-state index in [1.165, 1.54) is 0 Å². The van der Waals surface area contributed by atoms with E-state index in [9.17, 15) is 0 Å². The molecule has 0 saturated heterocycles. The van der Waals surface area contributed by atoms with E-state index in [2.05, 4.69) is 28.5 Å². The van der Waals surface area contributed by atoms with Crippen LogP contribution in [0, 0.1) is 6.92 Å². The van der Waals surface area contributed by atoms with Crippen LogP contribution in [0.1, 0.15) is 19.2 Å². The predicted molar refractivity (Wildman–Crippen MR) is 67.3 cm³/mol. The summed E-state index contributed by atoms with van der Waals surface area (Å²) in [5, 5.41) is 3.31. The summed E-state index contributed by atoms with van der Waals surface area (Å²) in [7, 11) is 0. The second-order valence-electron chi connectivity index (χ2n) is 3.55. The van der Waals surface area contributed by atoms with Gasteiger partial charge in [0.2, 0.25) is 0 Å². The van der Waals surface area contributed by atoms with Gasteiger partial charge in [0, 0.05) is 12.1 Å². The van der Waals surface area contributed by atoms with Crippen LogP contribution >= 0.6 is 11.8 Å². The van der Waals surface area contributed by atoms with Crippen LogP contribution in [0.15, 0.2) is 6.07 Å². The first-order valence-electron chi connectivity index (χ1n) is 4.98. The molecule has 1 aromatic rings. The zero-order chi connectivity index (χ0) is 11.3. The Morgan fingerprint density at radius 1 is 1.53 bits per heavy atom. The lowest BCUT2D eigenvalue weighted by Crippen LogP contribution is -2.17. The number of anilines is 2. The highest BCUT2D eigenvalue weighted by Crippen LogP contribution is 2.11. The highest BCUT2D eigenvalue weighted by atomic mass is 32.2. The molecule has 4 nitrogen and oxygen atoms in total. The zero-order valence-electron chi connectivity index (χ0n) is 9.45. The number of nitrogens with one attached hydrogen (secondary N) is 1. The average molecular weight is 226 g/mol. The minimum absolute atomic E-state index is 0.408. The minimum Gasteiger partial charge on any atom is -0.384 e. The third-order valence-electron chi connectivity index (χ3n) is 2.01. The predicted octanol–water partition coefficient (Wildman–Crippen LogP) is 1.92. The first-order chi connectivity index (χ1) is 7.11. The summed E-state index contributed by atoms with van der Waals surface area (Å²) in [6.07, 6.45) is 3.23. The summed E-state index contributed by atoms with van der Waals surface area (Å²) in [5.41, 5.74) is 5.64. The normalized spacial score (nSPS) is 12.5. The maximum absolute atomic E-state index is 5.64. The van der Waals surface area contributed by atoms with Gasteiger partial charge in [-0.3, -0.25) is 0 Å². The van der Waals surface area contributed by atoms with Crippen LogP contribution in [0.25, 0.3) is 0 Å². The van der Waals surface area contributed by atoms with Crippen LogP contribution in [0.5, 0.6) is 0 Å². The van der Waals surface area contributed by atoms with Crippen molar-refractivity contribution in [2.45, 2.75) is 26.3 Å². The fourth-order valence-electron chi connectivity index (χ4n) is 1.28. The van der Waals surface area contributed by atoms with E-state index in [0.717, 1.165) is 18.0 Å². The van der Waals surface area contributed by atoms with Crippen molar-refractivity contribution < 1.29 is 0 Å². The molecule has 0 aliphatic carbocycles. The summed E-state index contributed by atoms with van der Waals surface area (Å²) >= 11 is 1.85. The van der Waals surface area contributed by atoms with E-state index in [0.29, 0.717) is 17.7 Å². The molecule has 0 aromatic carbocycles. The minimum atomic E-state index is 0.408. The van der Waals surface area contributed by atoms with E-state index >= 15 is 0 Å². The first kappa shape index (κ1) is 12.1. The number of nitrogen functional groups attached to an aromatic ring is 1. The topological polar surface area (TPSA) is 63.8 Å². The van der Waals surface area contributed by atoms with Crippen molar-refractivity contribution in [1.82, 2.24) is 9.97 Å². The summed E-state index contributed by atoms with van der Waals surface area (Å²) in [4.78, 5) is 8.30. The summed E-state index contributed by atoms with van der Waals surface area (Å²) in [6.45, 7) is 3.98. The molecule has 1 aromatic heterocycles. The Labute approximate surface area is 95.1 Å². The maximum atomic E-state index is 5.64. The molecule has 1 atom stereocenters. The van der Waals surface area contributed by atoms with Gasteiger partial charge in [0.25, 0.3) is 0 Å². The van der Waals surface area contributed by atoms with Crippen molar-refractivity contribution in [3.8, 4) is 0 Å². The quantitative estimate of drug-likeness (QED) is 0.803. The van der Waals surface area contributed by atoms with Gasteiger partial charge in [-0.05, 0) is 32.3 Å². The molecule has 84 valence electrons. The molecule has 1 heterocycles. The molecule has 3 N–H and O–H groups in total. The molecule has 1 unspecified atom stereocenters. The molecule has 15 heavy (non-hydrogen) atoms. The van der Waals surface area contributed by atoms with Gasteiger partial charge in [-0.2, -0.15) is 11.8 Å². The molecule has 0 saturated carbocycles. The van der Waals surface area contributed by atoms with Crippen LogP contribution < -0.4 is 11.1 Å². The molecule has 1 rings (SSSR count). The third-order valence-corrected chi connectivity index (χ3v) is 2.65. The zero-order valence-corrected chi connectivity index (χ0v) is 10.3. The number of hydrogen-bond donors (Lipinski definition) is 2. The Morgan fingerprint density at radius 2 is 2.27 bits per heavy atom. The second kappa shape index (κ2) is 5.80. The molecular weight excluding hydrogens is 208 g/mol. The monoisotopic (exact) mass is 226 g/mol. The number of rotatable bonds is 5. The largest absolute Gasteiger partial charge is 0.384 e. The fourth-order valence-corrected chi connectivity index (χ4v) is 1.87. The van der Waals surface area contributed by atoms with Crippen LogP contribution in [0.3, 0.4) is 0 Å². The van der Waals surface area contributed by atoms with Crippen molar-refractivity contribution in [1.29, 1.82) is 0 Å². The van der Waals surface area contributed by atoms with E-state index in [4.69, 9.17) is 5.73 Å². The van der Waals surface area contributed by atoms with Crippen molar-refractivity contribution in [3.63, 3.8) is 0 Å². The highest BCUT2D eigenvalue weighted by molar-refractivity contribution is 7.98. The van der Waals surface area contributed by atoms with Crippen LogP contribution in [-0.4, -0.2) is 28.0 Å². The molecule has 0 bridgehead atoms. The average Bonchev–Trinajstić information content (AvgIpc) is 2.13. The number of hydrogen-bond acceptors (Lipinski definition) is 5. The van der Waals surface area contributed by atoms with E-state index in [1.807, 2.05) is 18.7 Å². The number of thioether (sulfide) groups is 1. The van der Waals surface area contributed by atoms with Gasteiger partial charge in [-0.1, -0.05) is 0 Å². The molecule has 0 radical (unpaired) electrons. The lowest BCUT2D eigenvalue weighted by atomic mass is 10.2. The smallest absolute Gasteiger partial charge is 0.131 e. The standard InChI is InChI=1S/C10H18N4S/c1-7(4-5-15-3)12-10-6-9(11)13-8(2)14-10/h6-7H,4-5H2,1-3H3,(H3,11,12,13,14). The SMILES string of the molecule is CSCCC(C)Nc1cc(N)nc(C)n1. The van der Waals surface area contributed by atoms with Crippen LogP contribution in [0.2, 0.25) is 0 Å². The maximum Gasteiger partial charge on any atom is 0.131 e. The molecule has 0 fully saturated rings. The molecule has 0 aliphatic heterocycles. The summed E-state index contributed by atoms with van der Waals surface area (Å²) in [6, 6.07) is 2.17. The number of aromatic nitrogens is 2. The third kappa shape index (κ3) is 4.38. The molecule has 0 amide bonds. The number of nitrogens with zero attached hydrogens (tertiary/aromatic N) is 2. The molecule has 5 heteroatoms. The summed E-state index contributed by atoms with van der Waals surface area (Å²) in [5.74, 6) is 3.18. The Morgan fingerprint density at radius 3 is 2.87 bits per heavy atom. The van der Waals surface area contributed by atoms with E-state index in [-0.39, 0.29) is 0 Å². The van der Waals surface area contributed by atoms with E-state index < -0.39 is 0 Å². The van der Waals surface area contributed by atoms with Crippen molar-refractivity contribution in [3.05, 3.63) is 11.9 Å². The molecule has 0 aliphatic rings. The lowest BCUT2D eigenvalue weighted by molar-refractivity contribution is 0.765. The van der Waals surface area contributed by atoms with Gasteiger partial charge >= 0.3 is 0 Å². The van der Waals surface area contributed by atoms with Gasteiger partial charge in [-0.15, -0.1) is 0 Å². The molecule has 0 spiro atoms. The second-order valence-corrected chi connectivity index (χ2v) is 4.54. The van der Waals surface area contributed by atoms with Crippen LogP contribution in [0.4, 0.5) is 11.6 Å². The molecular formula is C10H18N4S.